The fraction of sp³-hybridized carbons (Fsp3) is 0.238. The Kier molecular flexibility index (Phi) is 8.15. The molecule has 0 bridgehead atoms. The van der Waals surface area contributed by atoms with Crippen molar-refractivity contribution in [2.75, 3.05) is 5.32 Å². The summed E-state index contributed by atoms with van der Waals surface area (Å²) in [6, 6.07) is 51.8. The number of nitrogens with zero attached hydrogens (tertiary/aromatic N) is 1. The summed E-state index contributed by atoms with van der Waals surface area (Å²) in [6.07, 6.45) is 2.35. The van der Waals surface area contributed by atoms with Crippen molar-refractivity contribution in [2.24, 2.45) is 0 Å². The Morgan fingerprint density at radius 2 is 1.24 bits per heavy atom. The van der Waals surface area contributed by atoms with Crippen molar-refractivity contribution in [1.82, 2.24) is 4.57 Å². The standard InChI is InChI=1S/C63H54BN2S2/c1-60(2,3)34-22-24-35(25-23-34)65-48-33-53-40(37-17-11-14-20-51(37)67-53)28-41(48)56-57-58-54(55-38-18-12-15-21-52(38)68-59(55)56)42-29-45-46(62(6,7)27-26-61(45,4)5)32-49(42)66(58)50-30-39-36-16-10-13-19-43(36)63(8,9)44(39)31-47(50)64-57/h10-25,28-33,65H,26-27H2,1-9H3. The summed E-state index contributed by atoms with van der Waals surface area (Å²) in [7, 11) is 2.58. The molecule has 3 aliphatic rings. The smallest absolute Gasteiger partial charge is 0.197 e. The molecular weight excluding hydrogens is 860 g/mol. The Hall–Kier alpha value is -6.14. The van der Waals surface area contributed by atoms with Gasteiger partial charge in [0.1, 0.15) is 0 Å². The van der Waals surface area contributed by atoms with Crippen LogP contribution in [-0.4, -0.2) is 11.8 Å². The van der Waals surface area contributed by atoms with Gasteiger partial charge < -0.3 is 9.88 Å². The van der Waals surface area contributed by atoms with Gasteiger partial charge in [-0.05, 0) is 134 Å². The molecule has 1 aliphatic heterocycles. The number of rotatable bonds is 3. The molecule has 14 rings (SSSR count). The van der Waals surface area contributed by atoms with Gasteiger partial charge >= 0.3 is 0 Å². The van der Waals surface area contributed by atoms with Crippen molar-refractivity contribution in [3.63, 3.8) is 0 Å². The number of fused-ring (bicyclic) bond motifs is 16. The lowest BCUT2D eigenvalue weighted by molar-refractivity contribution is 0.332. The second-order valence-corrected chi connectivity index (χ2v) is 25.2. The Morgan fingerprint density at radius 3 is 1.99 bits per heavy atom. The number of anilines is 2. The van der Waals surface area contributed by atoms with Gasteiger partial charge in [0, 0.05) is 84.7 Å². The lowest BCUT2D eigenvalue weighted by Crippen LogP contribution is -2.38. The highest BCUT2D eigenvalue weighted by atomic mass is 32.1. The predicted octanol–water partition coefficient (Wildman–Crippen LogP) is 16.9. The Morgan fingerprint density at radius 1 is 0.559 bits per heavy atom. The highest BCUT2D eigenvalue weighted by Gasteiger charge is 2.41. The van der Waals surface area contributed by atoms with Crippen LogP contribution in [-0.2, 0) is 21.7 Å². The van der Waals surface area contributed by atoms with Gasteiger partial charge in [-0.15, -0.1) is 22.7 Å². The van der Waals surface area contributed by atoms with Crippen molar-refractivity contribution in [3.8, 4) is 27.9 Å². The molecule has 4 heterocycles. The summed E-state index contributed by atoms with van der Waals surface area (Å²) in [5.41, 5.74) is 21.2. The molecule has 2 aliphatic carbocycles. The van der Waals surface area contributed by atoms with Crippen molar-refractivity contribution in [1.29, 1.82) is 0 Å². The second-order valence-electron chi connectivity index (χ2n) is 23.0. The Balaban J connectivity index is 1.16. The minimum atomic E-state index is -0.124. The van der Waals surface area contributed by atoms with Crippen LogP contribution >= 0.6 is 22.7 Å². The van der Waals surface area contributed by atoms with E-state index < -0.39 is 0 Å². The van der Waals surface area contributed by atoms with Gasteiger partial charge in [0.25, 0.3) is 0 Å². The molecule has 1 radical (unpaired) electrons. The zero-order valence-electron chi connectivity index (χ0n) is 40.5. The van der Waals surface area contributed by atoms with E-state index in [-0.39, 0.29) is 21.7 Å². The highest BCUT2D eigenvalue weighted by Crippen LogP contribution is 2.55. The number of nitrogens with one attached hydrogen (secondary N) is 1. The minimum absolute atomic E-state index is 0.0586. The zero-order chi connectivity index (χ0) is 46.4. The van der Waals surface area contributed by atoms with Crippen LogP contribution < -0.4 is 16.2 Å². The van der Waals surface area contributed by atoms with Crippen LogP contribution in [0.5, 0.6) is 0 Å². The Labute approximate surface area is 407 Å². The van der Waals surface area contributed by atoms with E-state index in [9.17, 15) is 0 Å². The van der Waals surface area contributed by atoms with Crippen LogP contribution in [0, 0.1) is 0 Å². The summed E-state index contributed by atoms with van der Waals surface area (Å²) in [5, 5.41) is 12.1. The largest absolute Gasteiger partial charge is 0.355 e. The first-order chi connectivity index (χ1) is 32.6. The summed E-state index contributed by atoms with van der Waals surface area (Å²) < 4.78 is 8.00. The van der Waals surface area contributed by atoms with Crippen LogP contribution in [0.2, 0.25) is 0 Å². The fourth-order valence-electron chi connectivity index (χ4n) is 12.7. The molecule has 0 amide bonds. The van der Waals surface area contributed by atoms with E-state index in [0.29, 0.717) is 0 Å². The Bertz CT molecular complexity index is 4030. The van der Waals surface area contributed by atoms with Gasteiger partial charge in [-0.25, -0.2) is 0 Å². The van der Waals surface area contributed by atoms with E-state index in [2.05, 4.69) is 213 Å². The van der Waals surface area contributed by atoms with Crippen LogP contribution in [0.4, 0.5) is 11.4 Å². The number of aromatic nitrogens is 1. The highest BCUT2D eigenvalue weighted by molar-refractivity contribution is 7.27. The first-order valence-electron chi connectivity index (χ1n) is 24.5. The van der Waals surface area contributed by atoms with E-state index >= 15 is 0 Å². The number of hydrogen-bond acceptors (Lipinski definition) is 3. The van der Waals surface area contributed by atoms with Crippen molar-refractivity contribution in [3.05, 3.63) is 161 Å². The number of benzene rings is 8. The van der Waals surface area contributed by atoms with E-state index in [1.54, 1.807) is 0 Å². The van der Waals surface area contributed by atoms with Gasteiger partial charge in [0.05, 0.1) is 5.52 Å². The predicted molar refractivity (Wildman–Crippen MR) is 298 cm³/mol. The maximum absolute atomic E-state index is 4.06. The maximum Gasteiger partial charge on any atom is 0.197 e. The molecule has 3 aromatic heterocycles. The molecule has 0 fully saturated rings. The minimum Gasteiger partial charge on any atom is -0.355 e. The first-order valence-corrected chi connectivity index (χ1v) is 26.2. The van der Waals surface area contributed by atoms with Gasteiger partial charge in [-0.1, -0.05) is 147 Å². The zero-order valence-corrected chi connectivity index (χ0v) is 42.1. The molecule has 0 saturated heterocycles. The van der Waals surface area contributed by atoms with E-state index in [0.717, 1.165) is 11.4 Å². The van der Waals surface area contributed by atoms with E-state index in [4.69, 9.17) is 0 Å². The lowest BCUT2D eigenvalue weighted by atomic mass is 9.58. The van der Waals surface area contributed by atoms with E-state index in [1.807, 2.05) is 22.7 Å². The second kappa shape index (κ2) is 13.6. The molecule has 1 N–H and O–H groups in total. The van der Waals surface area contributed by atoms with Crippen molar-refractivity contribution in [2.45, 2.75) is 96.8 Å². The molecule has 2 nitrogen and oxygen atoms in total. The molecule has 11 aromatic rings. The normalized spacial score (nSPS) is 16.4. The van der Waals surface area contributed by atoms with Crippen LogP contribution in [0.3, 0.4) is 0 Å². The molecule has 331 valence electrons. The monoisotopic (exact) mass is 913 g/mol. The van der Waals surface area contributed by atoms with Gasteiger partial charge in [-0.2, -0.15) is 0 Å². The molecule has 5 heteroatoms. The molecule has 68 heavy (non-hydrogen) atoms. The summed E-state index contributed by atoms with van der Waals surface area (Å²) in [6.45, 7) is 21.6. The van der Waals surface area contributed by atoms with Crippen molar-refractivity contribution >= 4 is 114 Å². The molecule has 0 unspecified atom stereocenters. The summed E-state index contributed by atoms with van der Waals surface area (Å²) in [4.78, 5) is 0. The lowest BCUT2D eigenvalue weighted by Gasteiger charge is -2.42. The van der Waals surface area contributed by atoms with Gasteiger partial charge in [0.2, 0.25) is 0 Å². The van der Waals surface area contributed by atoms with Crippen molar-refractivity contribution < 1.29 is 0 Å². The quantitative estimate of drug-likeness (QED) is 0.175. The number of thiophene rings is 2. The summed E-state index contributed by atoms with van der Waals surface area (Å²) >= 11 is 3.86. The first kappa shape index (κ1) is 40.9. The van der Waals surface area contributed by atoms with Crippen LogP contribution in [0.1, 0.15) is 103 Å². The molecular formula is C63H54BN2S2. The van der Waals surface area contributed by atoms with Gasteiger partial charge in [-0.3, -0.25) is 0 Å². The third kappa shape index (κ3) is 5.52. The molecule has 0 saturated carbocycles. The molecule has 8 aromatic carbocycles. The third-order valence-corrected chi connectivity index (χ3v) is 18.9. The van der Waals surface area contributed by atoms with Gasteiger partial charge in [0.15, 0.2) is 7.28 Å². The summed E-state index contributed by atoms with van der Waals surface area (Å²) in [5.74, 6) is 0. The van der Waals surface area contributed by atoms with E-state index in [1.165, 1.54) is 142 Å². The average molecular weight is 914 g/mol. The average Bonchev–Trinajstić information content (AvgIpc) is 4.04. The number of hydrogen-bond donors (Lipinski definition) is 1. The maximum atomic E-state index is 4.06. The SMILES string of the molecule is CC(C)(C)c1ccc(Nc2cc3sc4ccccc4c3cc2-c2c3c4c(c5cc6c(cc5n4-c4cc5c(cc4[B]3)C(C)(C)c3ccccc3-5)C(C)(C)CCC6(C)C)c3c2sc2ccccc23)cc1. The molecule has 0 spiro atoms. The third-order valence-electron chi connectivity index (χ3n) is 16.6. The molecule has 0 atom stereocenters. The van der Waals surface area contributed by atoms with Crippen LogP contribution in [0.25, 0.3) is 90.1 Å². The fourth-order valence-corrected chi connectivity index (χ4v) is 15.1. The topological polar surface area (TPSA) is 17.0 Å². The van der Waals surface area contributed by atoms with Crippen LogP contribution in [0.15, 0.2) is 133 Å².